The third kappa shape index (κ3) is 3.66. The molecule has 0 aliphatic carbocycles. The van der Waals surface area contributed by atoms with Gasteiger partial charge in [-0.15, -0.1) is 33.7 Å². The van der Waals surface area contributed by atoms with E-state index in [0.29, 0.717) is 28.9 Å². The van der Waals surface area contributed by atoms with Gasteiger partial charge in [0, 0.05) is 0 Å². The van der Waals surface area contributed by atoms with Gasteiger partial charge >= 0.3 is 0 Å². The molecule has 5 rings (SSSR count). The van der Waals surface area contributed by atoms with Crippen molar-refractivity contribution in [2.24, 2.45) is 21.7 Å². The number of hydrogen-bond donors (Lipinski definition) is 2. The Kier molecular flexibility index (Phi) is 4.93. The summed E-state index contributed by atoms with van der Waals surface area (Å²) in [5.74, 6) is 2.83. The first kappa shape index (κ1) is 18.8. The number of aromatic nitrogens is 2. The zero-order valence-corrected chi connectivity index (χ0v) is 17.2. The second kappa shape index (κ2) is 7.88. The molecule has 2 aromatic heterocycles. The van der Waals surface area contributed by atoms with Gasteiger partial charge in [-0.3, -0.25) is 0 Å². The lowest BCUT2D eigenvalue weighted by Crippen LogP contribution is -2.23. The summed E-state index contributed by atoms with van der Waals surface area (Å²) in [6, 6.07) is 15.3. The minimum atomic E-state index is 0.289. The van der Waals surface area contributed by atoms with E-state index >= 15 is 0 Å². The highest BCUT2D eigenvalue weighted by molar-refractivity contribution is 8.21. The Morgan fingerprint density at radius 1 is 0.733 bits per heavy atom. The summed E-state index contributed by atoms with van der Waals surface area (Å²) >= 11 is 3.03. The van der Waals surface area contributed by atoms with E-state index in [1.807, 2.05) is 48.5 Å². The number of para-hydroxylation sites is 4. The first-order valence-electron chi connectivity index (χ1n) is 9.03. The van der Waals surface area contributed by atoms with Crippen molar-refractivity contribution < 1.29 is 8.83 Å². The fourth-order valence-corrected chi connectivity index (χ4v) is 5.10. The molecule has 0 radical (unpaired) electrons. The molecule has 0 bridgehead atoms. The van der Waals surface area contributed by atoms with E-state index in [9.17, 15) is 0 Å². The highest BCUT2D eigenvalue weighted by Crippen LogP contribution is 2.37. The minimum Gasteiger partial charge on any atom is -0.440 e. The Labute approximate surface area is 179 Å². The fraction of sp³-hybridized carbons (Fsp3) is 0.100. The van der Waals surface area contributed by atoms with E-state index in [4.69, 9.17) is 20.3 Å². The second-order valence-corrected chi connectivity index (χ2v) is 8.59. The molecule has 0 saturated carbocycles. The van der Waals surface area contributed by atoms with Crippen molar-refractivity contribution in [3.8, 4) is 0 Å². The van der Waals surface area contributed by atoms with Crippen LogP contribution in [-0.2, 0) is 11.5 Å². The van der Waals surface area contributed by atoms with Gasteiger partial charge in [-0.2, -0.15) is 0 Å². The zero-order chi connectivity index (χ0) is 20.5. The van der Waals surface area contributed by atoms with Crippen LogP contribution in [0.1, 0.15) is 11.8 Å². The summed E-state index contributed by atoms with van der Waals surface area (Å²) in [5, 5.41) is 7.79. The number of nitrogens with zero attached hydrogens (tertiary/aromatic N) is 4. The fourth-order valence-electron chi connectivity index (χ4n) is 2.95. The van der Waals surface area contributed by atoms with E-state index < -0.39 is 0 Å². The van der Waals surface area contributed by atoms with Crippen LogP contribution in [0.2, 0.25) is 0 Å². The lowest BCUT2D eigenvalue weighted by atomic mass is 10.3. The van der Waals surface area contributed by atoms with Gasteiger partial charge in [-0.05, 0) is 24.3 Å². The molecule has 3 heterocycles. The predicted octanol–water partition coefficient (Wildman–Crippen LogP) is 3.99. The first-order valence-corrected chi connectivity index (χ1v) is 11.0. The summed E-state index contributed by atoms with van der Waals surface area (Å²) in [7, 11) is 0. The van der Waals surface area contributed by atoms with Crippen LogP contribution >= 0.6 is 23.5 Å². The van der Waals surface area contributed by atoms with Crippen LogP contribution in [-0.4, -0.2) is 21.6 Å². The molecule has 0 amide bonds. The number of amidine groups is 2. The Hall–Kier alpha value is -3.24. The van der Waals surface area contributed by atoms with Crippen LogP contribution in [0.4, 0.5) is 0 Å². The van der Waals surface area contributed by atoms with Gasteiger partial charge in [0.05, 0.1) is 21.3 Å². The van der Waals surface area contributed by atoms with Crippen molar-refractivity contribution in [1.82, 2.24) is 9.97 Å². The molecule has 8 nitrogen and oxygen atoms in total. The molecule has 0 unspecified atom stereocenters. The zero-order valence-electron chi connectivity index (χ0n) is 15.6. The maximum atomic E-state index is 6.02. The highest BCUT2D eigenvalue weighted by Gasteiger charge is 2.22. The quantitative estimate of drug-likeness (QED) is 0.464. The molecule has 1 aliphatic heterocycles. The van der Waals surface area contributed by atoms with Crippen molar-refractivity contribution in [2.45, 2.75) is 11.5 Å². The number of oxazole rings is 2. The first-order chi connectivity index (χ1) is 14.7. The third-order valence-corrected chi connectivity index (χ3v) is 6.73. The van der Waals surface area contributed by atoms with Gasteiger partial charge < -0.3 is 20.3 Å². The van der Waals surface area contributed by atoms with E-state index in [0.717, 1.165) is 26.4 Å². The van der Waals surface area contributed by atoms with Crippen molar-refractivity contribution in [2.75, 3.05) is 0 Å². The van der Waals surface area contributed by atoms with Gasteiger partial charge in [0.15, 0.2) is 22.8 Å². The van der Waals surface area contributed by atoms with Crippen LogP contribution in [0.15, 0.2) is 77.4 Å². The van der Waals surface area contributed by atoms with Crippen molar-refractivity contribution in [3.05, 3.63) is 70.1 Å². The normalized spacial score (nSPS) is 13.8. The topological polar surface area (TPSA) is 129 Å². The summed E-state index contributed by atoms with van der Waals surface area (Å²) in [5.41, 5.74) is 15.8. The molecule has 4 aromatic rings. The Morgan fingerprint density at radius 3 is 1.67 bits per heavy atom. The molecule has 0 spiro atoms. The minimum absolute atomic E-state index is 0.289. The molecule has 1 aliphatic rings. The van der Waals surface area contributed by atoms with Gasteiger partial charge in [-0.1, -0.05) is 24.3 Å². The van der Waals surface area contributed by atoms with Crippen LogP contribution in [0.5, 0.6) is 0 Å². The van der Waals surface area contributed by atoms with Gasteiger partial charge in [0.2, 0.25) is 11.8 Å². The number of nitrogens with two attached hydrogens (primary N) is 2. The van der Waals surface area contributed by atoms with Crippen LogP contribution in [0.3, 0.4) is 0 Å². The summed E-state index contributed by atoms with van der Waals surface area (Å²) in [4.78, 5) is 9.05. The van der Waals surface area contributed by atoms with Crippen LogP contribution in [0.25, 0.3) is 22.2 Å². The van der Waals surface area contributed by atoms with Crippen LogP contribution < -0.4 is 11.5 Å². The van der Waals surface area contributed by atoms with E-state index in [-0.39, 0.29) is 11.7 Å². The molecule has 10 heteroatoms. The second-order valence-electron chi connectivity index (χ2n) is 6.36. The number of hydrogen-bond acceptors (Lipinski definition) is 10. The lowest BCUT2D eigenvalue weighted by Gasteiger charge is -2.09. The average molecular weight is 437 g/mol. The average Bonchev–Trinajstić information content (AvgIpc) is 3.45. The maximum absolute atomic E-state index is 6.02. The maximum Gasteiger partial charge on any atom is 0.205 e. The Balaban J connectivity index is 1.38. The summed E-state index contributed by atoms with van der Waals surface area (Å²) in [6.45, 7) is 0. The third-order valence-electron chi connectivity index (χ3n) is 4.31. The largest absolute Gasteiger partial charge is 0.440 e. The molecule has 150 valence electrons. The van der Waals surface area contributed by atoms with Crippen LogP contribution in [0, 0.1) is 0 Å². The Bertz CT molecular complexity index is 1170. The number of benzene rings is 2. The van der Waals surface area contributed by atoms with E-state index in [1.165, 1.54) is 23.5 Å². The standard InChI is InChI=1S/C20H16N6O2S2/c21-18-17(19(22)26-25-18)20(29-9-15-23-11-5-1-3-7-13(11)27-15)30-10-16-24-12-6-2-4-8-14(12)28-16/h1-8H,9-10H2,(H2,21,25)(H2,22,26). The SMILES string of the molecule is NC1=NN=C(N)C1=C(SCc1nc2ccccc2o1)SCc1nc2ccccc2o1. The number of rotatable bonds is 6. The molecule has 30 heavy (non-hydrogen) atoms. The van der Waals surface area contributed by atoms with Crippen molar-refractivity contribution >= 4 is 57.4 Å². The smallest absolute Gasteiger partial charge is 0.205 e. The lowest BCUT2D eigenvalue weighted by molar-refractivity contribution is 0.556. The molecule has 0 saturated heterocycles. The predicted molar refractivity (Wildman–Crippen MR) is 121 cm³/mol. The summed E-state index contributed by atoms with van der Waals surface area (Å²) in [6.07, 6.45) is 0. The molecule has 0 atom stereocenters. The molecule has 4 N–H and O–H groups in total. The summed E-state index contributed by atoms with van der Waals surface area (Å²) < 4.78 is 12.5. The van der Waals surface area contributed by atoms with E-state index in [2.05, 4.69) is 20.2 Å². The molecular weight excluding hydrogens is 420 g/mol. The van der Waals surface area contributed by atoms with Gasteiger partial charge in [0.1, 0.15) is 11.0 Å². The van der Waals surface area contributed by atoms with Crippen molar-refractivity contribution in [3.63, 3.8) is 0 Å². The van der Waals surface area contributed by atoms with E-state index in [1.54, 1.807) is 0 Å². The Morgan fingerprint density at radius 2 is 1.20 bits per heavy atom. The highest BCUT2D eigenvalue weighted by atomic mass is 32.2. The van der Waals surface area contributed by atoms with Gasteiger partial charge in [-0.25, -0.2) is 9.97 Å². The monoisotopic (exact) mass is 436 g/mol. The number of fused-ring (bicyclic) bond motifs is 2. The molecule has 0 fully saturated rings. The van der Waals surface area contributed by atoms with Crippen molar-refractivity contribution in [1.29, 1.82) is 0 Å². The molecular formula is C20H16N6O2S2. The molecule has 2 aromatic carbocycles. The number of thioether (sulfide) groups is 2. The van der Waals surface area contributed by atoms with Gasteiger partial charge in [0.25, 0.3) is 0 Å².